The van der Waals surface area contributed by atoms with Gasteiger partial charge in [0.15, 0.2) is 0 Å². The normalized spacial score (nSPS) is 14.7. The molecule has 1 rings (SSSR count). The monoisotopic (exact) mass is 208 g/mol. The molecule has 1 N–H and O–H groups in total. The topological polar surface area (TPSA) is 29.5 Å². The molecule has 0 fully saturated rings. The summed E-state index contributed by atoms with van der Waals surface area (Å²) in [6.07, 6.45) is 1.79. The molecule has 1 aromatic rings. The second kappa shape index (κ2) is 5.76. The van der Waals surface area contributed by atoms with Gasteiger partial charge in [-0.15, -0.1) is 0 Å². The first-order chi connectivity index (χ1) is 7.19. The van der Waals surface area contributed by atoms with Gasteiger partial charge < -0.3 is 9.84 Å². The predicted molar refractivity (Wildman–Crippen MR) is 62.0 cm³/mol. The van der Waals surface area contributed by atoms with E-state index in [2.05, 4.69) is 13.8 Å². The zero-order chi connectivity index (χ0) is 11.3. The van der Waals surface area contributed by atoms with Crippen LogP contribution in [0.2, 0.25) is 0 Å². The van der Waals surface area contributed by atoms with E-state index >= 15 is 0 Å². The van der Waals surface area contributed by atoms with Gasteiger partial charge in [-0.05, 0) is 30.0 Å². The number of methoxy groups -OCH3 is 1. The van der Waals surface area contributed by atoms with E-state index < -0.39 is 0 Å². The van der Waals surface area contributed by atoms with Gasteiger partial charge in [0.1, 0.15) is 5.75 Å². The average Bonchev–Trinajstić information content (AvgIpc) is 2.28. The number of benzene rings is 1. The quantitative estimate of drug-likeness (QED) is 0.805. The van der Waals surface area contributed by atoms with Crippen LogP contribution < -0.4 is 4.74 Å². The van der Waals surface area contributed by atoms with Crippen molar-refractivity contribution in [1.29, 1.82) is 0 Å². The molecule has 0 aliphatic carbocycles. The largest absolute Gasteiger partial charge is 0.497 e. The Balaban J connectivity index is 2.69. The molecule has 2 heteroatoms. The highest BCUT2D eigenvalue weighted by atomic mass is 16.5. The van der Waals surface area contributed by atoms with E-state index in [1.165, 1.54) is 0 Å². The van der Waals surface area contributed by atoms with E-state index in [-0.39, 0.29) is 6.10 Å². The van der Waals surface area contributed by atoms with Crippen LogP contribution in [0.5, 0.6) is 5.75 Å². The first-order valence-electron chi connectivity index (χ1n) is 5.51. The van der Waals surface area contributed by atoms with Gasteiger partial charge in [-0.1, -0.05) is 32.4 Å². The van der Waals surface area contributed by atoms with Crippen molar-refractivity contribution >= 4 is 0 Å². The van der Waals surface area contributed by atoms with E-state index in [0.29, 0.717) is 5.92 Å². The van der Waals surface area contributed by atoms with Crippen LogP contribution in [-0.2, 0) is 0 Å². The fourth-order valence-corrected chi connectivity index (χ4v) is 1.74. The van der Waals surface area contributed by atoms with Crippen LogP contribution in [0.15, 0.2) is 24.3 Å². The Labute approximate surface area is 91.9 Å². The molecule has 2 atom stereocenters. The summed E-state index contributed by atoms with van der Waals surface area (Å²) >= 11 is 0. The fraction of sp³-hybridized carbons (Fsp3) is 0.538. The second-order valence-corrected chi connectivity index (χ2v) is 3.98. The highest BCUT2D eigenvalue weighted by molar-refractivity contribution is 5.28. The SMILES string of the molecule is CCCC(C)C(O)c1ccc(OC)cc1. The second-order valence-electron chi connectivity index (χ2n) is 3.98. The Morgan fingerprint density at radius 2 is 1.87 bits per heavy atom. The van der Waals surface area contributed by atoms with Gasteiger partial charge in [0.25, 0.3) is 0 Å². The lowest BCUT2D eigenvalue weighted by molar-refractivity contribution is 0.112. The third-order valence-electron chi connectivity index (χ3n) is 2.74. The molecule has 15 heavy (non-hydrogen) atoms. The van der Waals surface area contributed by atoms with Gasteiger partial charge in [-0.25, -0.2) is 0 Å². The number of ether oxygens (including phenoxy) is 1. The zero-order valence-electron chi connectivity index (χ0n) is 9.73. The van der Waals surface area contributed by atoms with Crippen LogP contribution in [0.3, 0.4) is 0 Å². The molecule has 0 aromatic heterocycles. The molecule has 0 heterocycles. The summed E-state index contributed by atoms with van der Waals surface area (Å²) in [4.78, 5) is 0. The minimum atomic E-state index is -0.365. The third-order valence-corrected chi connectivity index (χ3v) is 2.74. The first kappa shape index (κ1) is 12.1. The summed E-state index contributed by atoms with van der Waals surface area (Å²) in [7, 11) is 1.64. The summed E-state index contributed by atoms with van der Waals surface area (Å²) in [5.74, 6) is 1.14. The molecule has 0 radical (unpaired) electrons. The number of aliphatic hydroxyl groups excluding tert-OH is 1. The van der Waals surface area contributed by atoms with Crippen LogP contribution in [-0.4, -0.2) is 12.2 Å². The third kappa shape index (κ3) is 3.24. The molecule has 0 aliphatic rings. The predicted octanol–water partition coefficient (Wildman–Crippen LogP) is 3.16. The molecule has 0 saturated heterocycles. The van der Waals surface area contributed by atoms with Crippen LogP contribution in [0.25, 0.3) is 0 Å². The molecule has 84 valence electrons. The highest BCUT2D eigenvalue weighted by Crippen LogP contribution is 2.26. The van der Waals surface area contributed by atoms with E-state index in [4.69, 9.17) is 4.74 Å². The van der Waals surface area contributed by atoms with Gasteiger partial charge in [-0.3, -0.25) is 0 Å². The lowest BCUT2D eigenvalue weighted by Crippen LogP contribution is -2.08. The fourth-order valence-electron chi connectivity index (χ4n) is 1.74. The Bertz CT molecular complexity index is 279. The number of aliphatic hydroxyl groups is 1. The van der Waals surface area contributed by atoms with Crippen molar-refractivity contribution < 1.29 is 9.84 Å². The van der Waals surface area contributed by atoms with E-state index in [9.17, 15) is 5.11 Å². The summed E-state index contributed by atoms with van der Waals surface area (Å²) in [6.45, 7) is 4.22. The smallest absolute Gasteiger partial charge is 0.118 e. The van der Waals surface area contributed by atoms with E-state index in [0.717, 1.165) is 24.2 Å². The zero-order valence-corrected chi connectivity index (χ0v) is 9.73. The molecular weight excluding hydrogens is 188 g/mol. The maximum atomic E-state index is 10.0. The van der Waals surface area contributed by atoms with E-state index in [1.54, 1.807) is 7.11 Å². The van der Waals surface area contributed by atoms with Gasteiger partial charge in [0.05, 0.1) is 13.2 Å². The lowest BCUT2D eigenvalue weighted by Gasteiger charge is -2.18. The summed E-state index contributed by atoms with van der Waals surface area (Å²) in [6, 6.07) is 7.62. The van der Waals surface area contributed by atoms with Crippen molar-refractivity contribution in [3.63, 3.8) is 0 Å². The Kier molecular flexibility index (Phi) is 4.63. The highest BCUT2D eigenvalue weighted by Gasteiger charge is 2.15. The van der Waals surface area contributed by atoms with Gasteiger partial charge in [-0.2, -0.15) is 0 Å². The number of hydrogen-bond acceptors (Lipinski definition) is 2. The standard InChI is InChI=1S/C13H20O2/c1-4-5-10(2)13(14)11-6-8-12(15-3)9-7-11/h6-10,13-14H,4-5H2,1-3H3. The van der Waals surface area contributed by atoms with Crippen LogP contribution >= 0.6 is 0 Å². The van der Waals surface area contributed by atoms with Gasteiger partial charge in [0.2, 0.25) is 0 Å². The number of hydrogen-bond donors (Lipinski definition) is 1. The minimum Gasteiger partial charge on any atom is -0.497 e. The molecule has 0 amide bonds. The Morgan fingerprint density at radius 1 is 1.27 bits per heavy atom. The molecular formula is C13H20O2. The first-order valence-corrected chi connectivity index (χ1v) is 5.51. The lowest BCUT2D eigenvalue weighted by atomic mass is 9.94. The Hall–Kier alpha value is -1.02. The average molecular weight is 208 g/mol. The molecule has 0 saturated carbocycles. The molecule has 0 aliphatic heterocycles. The molecule has 0 spiro atoms. The molecule has 2 nitrogen and oxygen atoms in total. The van der Waals surface area contributed by atoms with Crippen molar-refractivity contribution in [1.82, 2.24) is 0 Å². The molecule has 2 unspecified atom stereocenters. The van der Waals surface area contributed by atoms with Crippen molar-refractivity contribution in [3.8, 4) is 5.75 Å². The summed E-state index contributed by atoms with van der Waals surface area (Å²) in [5.41, 5.74) is 0.969. The van der Waals surface area contributed by atoms with Crippen molar-refractivity contribution in [3.05, 3.63) is 29.8 Å². The minimum absolute atomic E-state index is 0.309. The maximum Gasteiger partial charge on any atom is 0.118 e. The van der Waals surface area contributed by atoms with Gasteiger partial charge >= 0.3 is 0 Å². The maximum absolute atomic E-state index is 10.0. The van der Waals surface area contributed by atoms with Crippen molar-refractivity contribution in [2.75, 3.05) is 7.11 Å². The van der Waals surface area contributed by atoms with Gasteiger partial charge in [0, 0.05) is 0 Å². The summed E-state index contributed by atoms with van der Waals surface area (Å²) in [5, 5.41) is 10.0. The Morgan fingerprint density at radius 3 is 2.33 bits per heavy atom. The molecule has 0 bridgehead atoms. The van der Waals surface area contributed by atoms with Crippen molar-refractivity contribution in [2.45, 2.75) is 32.8 Å². The van der Waals surface area contributed by atoms with E-state index in [1.807, 2.05) is 24.3 Å². The van der Waals surface area contributed by atoms with Crippen LogP contribution in [0.4, 0.5) is 0 Å². The number of rotatable bonds is 5. The van der Waals surface area contributed by atoms with Crippen molar-refractivity contribution in [2.24, 2.45) is 5.92 Å². The molecule has 1 aromatic carbocycles. The summed E-state index contributed by atoms with van der Waals surface area (Å²) < 4.78 is 5.08. The van der Waals surface area contributed by atoms with Crippen LogP contribution in [0.1, 0.15) is 38.4 Å². The van der Waals surface area contributed by atoms with Crippen LogP contribution in [0, 0.1) is 5.92 Å².